The summed E-state index contributed by atoms with van der Waals surface area (Å²) < 4.78 is 0. The molecule has 0 radical (unpaired) electrons. The molecule has 2 heterocycles. The minimum Gasteiger partial charge on any atom is -0.338 e. The summed E-state index contributed by atoms with van der Waals surface area (Å²) in [6, 6.07) is 1.49. The number of aliphatic imine (C=N–C) groups is 1. The van der Waals surface area contributed by atoms with E-state index in [9.17, 15) is 0 Å². The minimum absolute atomic E-state index is 0.708. The summed E-state index contributed by atoms with van der Waals surface area (Å²) >= 11 is 0. The van der Waals surface area contributed by atoms with Crippen molar-refractivity contribution in [2.75, 3.05) is 19.6 Å². The van der Waals surface area contributed by atoms with Crippen molar-refractivity contribution >= 4 is 5.96 Å². The van der Waals surface area contributed by atoms with Crippen LogP contribution < -0.4 is 0 Å². The molecule has 0 aromatic heterocycles. The number of nitrogens with zero attached hydrogens (tertiary/aromatic N) is 3. The van der Waals surface area contributed by atoms with E-state index in [4.69, 9.17) is 4.99 Å². The quantitative estimate of drug-likeness (QED) is 0.439. The molecule has 0 aromatic rings. The molecule has 6 saturated carbocycles. The van der Waals surface area contributed by atoms with Gasteiger partial charge in [0.25, 0.3) is 0 Å². The summed E-state index contributed by atoms with van der Waals surface area (Å²) in [6.45, 7) is 3.72. The lowest BCUT2D eigenvalue weighted by molar-refractivity contribution is -0.0597. The molecule has 0 N–H and O–H groups in total. The lowest BCUT2D eigenvalue weighted by Crippen LogP contribution is -2.48. The molecule has 6 aliphatic carbocycles. The van der Waals surface area contributed by atoms with Gasteiger partial charge in [0.1, 0.15) is 0 Å². The molecule has 8 rings (SSSR count). The van der Waals surface area contributed by atoms with Gasteiger partial charge in [0.05, 0.1) is 12.6 Å². The summed E-state index contributed by atoms with van der Waals surface area (Å²) in [6.07, 6.45) is 27.2. The molecule has 2 aliphatic heterocycles. The van der Waals surface area contributed by atoms with Crippen LogP contribution in [0.3, 0.4) is 0 Å². The van der Waals surface area contributed by atoms with Crippen LogP contribution in [-0.4, -0.2) is 47.5 Å². The van der Waals surface area contributed by atoms with Crippen molar-refractivity contribution in [2.24, 2.45) is 40.0 Å². The molecular formula is C30H49N3. The first-order valence-electron chi connectivity index (χ1n) is 15.3. The van der Waals surface area contributed by atoms with Gasteiger partial charge in [-0.15, -0.1) is 0 Å². The van der Waals surface area contributed by atoms with Gasteiger partial charge >= 0.3 is 0 Å². The largest absolute Gasteiger partial charge is 0.338 e. The molecule has 184 valence electrons. The number of hydrogen-bond donors (Lipinski definition) is 0. The lowest BCUT2D eigenvalue weighted by atomic mass is 9.49. The third-order valence-corrected chi connectivity index (χ3v) is 11.8. The van der Waals surface area contributed by atoms with Gasteiger partial charge in [-0.2, -0.15) is 0 Å². The molecule has 0 unspecified atom stereocenters. The molecule has 3 heteroatoms. The zero-order chi connectivity index (χ0) is 21.8. The van der Waals surface area contributed by atoms with Gasteiger partial charge in [0, 0.05) is 19.1 Å². The van der Waals surface area contributed by atoms with Crippen LogP contribution in [0, 0.1) is 35.0 Å². The SMILES string of the molecule is C1CCC(C[C@@H]2CN3C(=NC[C@@H]3C3CCCCC3)N2CCC23CC4CC(CC(C4)C2)C3)CC1. The fourth-order valence-corrected chi connectivity index (χ4v) is 10.6. The van der Waals surface area contributed by atoms with Crippen molar-refractivity contribution in [1.82, 2.24) is 9.80 Å². The molecule has 0 amide bonds. The maximum absolute atomic E-state index is 5.31. The second-order valence-corrected chi connectivity index (χ2v) is 14.0. The Bertz CT molecular complexity index is 696. The Morgan fingerprint density at radius 2 is 1.42 bits per heavy atom. The fraction of sp³-hybridized carbons (Fsp3) is 0.967. The van der Waals surface area contributed by atoms with Crippen molar-refractivity contribution < 1.29 is 0 Å². The zero-order valence-electron chi connectivity index (χ0n) is 21.2. The van der Waals surface area contributed by atoms with Crippen LogP contribution in [0.4, 0.5) is 0 Å². The van der Waals surface area contributed by atoms with E-state index >= 15 is 0 Å². The summed E-state index contributed by atoms with van der Waals surface area (Å²) in [4.78, 5) is 11.1. The van der Waals surface area contributed by atoms with E-state index in [1.165, 1.54) is 96.1 Å². The third kappa shape index (κ3) is 4.06. The Balaban J connectivity index is 1.07. The standard InChI is InChI=1S/C30H49N3/c1-3-7-22(8-4-1)16-27-21-33-28(26-9-5-2-6-10-26)20-31-29(33)32(27)12-11-30-17-23-13-24(18-30)15-25(14-23)19-30/h22-28H,1-21H2/t23?,24?,25?,27-,28-,30?/m1/s1. The highest BCUT2D eigenvalue weighted by atomic mass is 15.5. The molecular weight excluding hydrogens is 402 g/mol. The highest BCUT2D eigenvalue weighted by Gasteiger charge is 2.52. The van der Waals surface area contributed by atoms with Gasteiger partial charge in [-0.3, -0.25) is 4.99 Å². The summed E-state index contributed by atoms with van der Waals surface area (Å²) in [5.41, 5.74) is 0.708. The zero-order valence-corrected chi connectivity index (χ0v) is 21.2. The Labute approximate surface area is 203 Å². The van der Waals surface area contributed by atoms with E-state index in [2.05, 4.69) is 9.80 Å². The Morgan fingerprint density at radius 3 is 2.09 bits per heavy atom. The smallest absolute Gasteiger partial charge is 0.197 e. The normalized spacial score (nSPS) is 43.4. The molecule has 2 atom stereocenters. The predicted octanol–water partition coefficient (Wildman–Crippen LogP) is 6.87. The average molecular weight is 452 g/mol. The van der Waals surface area contributed by atoms with Crippen molar-refractivity contribution in [3.63, 3.8) is 0 Å². The van der Waals surface area contributed by atoms with Crippen LogP contribution in [0.5, 0.6) is 0 Å². The molecule has 3 nitrogen and oxygen atoms in total. The summed E-state index contributed by atoms with van der Waals surface area (Å²) in [7, 11) is 0. The van der Waals surface area contributed by atoms with Gasteiger partial charge in [0.15, 0.2) is 5.96 Å². The first kappa shape index (κ1) is 21.5. The van der Waals surface area contributed by atoms with E-state index in [0.717, 1.165) is 48.2 Å². The van der Waals surface area contributed by atoms with Crippen LogP contribution >= 0.6 is 0 Å². The van der Waals surface area contributed by atoms with E-state index in [1.54, 1.807) is 38.5 Å². The van der Waals surface area contributed by atoms with Crippen LogP contribution in [0.2, 0.25) is 0 Å². The van der Waals surface area contributed by atoms with E-state index < -0.39 is 0 Å². The second-order valence-electron chi connectivity index (χ2n) is 14.0. The van der Waals surface area contributed by atoms with Gasteiger partial charge in [-0.05, 0) is 99.2 Å². The number of fused-ring (bicyclic) bond motifs is 1. The minimum atomic E-state index is 0.708. The number of hydrogen-bond acceptors (Lipinski definition) is 3. The molecule has 1 saturated heterocycles. The lowest BCUT2D eigenvalue weighted by Gasteiger charge is -2.57. The van der Waals surface area contributed by atoms with Crippen molar-refractivity contribution in [3.8, 4) is 0 Å². The van der Waals surface area contributed by atoms with Gasteiger partial charge in [-0.25, -0.2) is 0 Å². The van der Waals surface area contributed by atoms with Crippen LogP contribution in [-0.2, 0) is 0 Å². The van der Waals surface area contributed by atoms with E-state index in [-0.39, 0.29) is 0 Å². The third-order valence-electron chi connectivity index (χ3n) is 11.8. The van der Waals surface area contributed by atoms with E-state index in [0.29, 0.717) is 5.41 Å². The highest BCUT2D eigenvalue weighted by Crippen LogP contribution is 2.61. The second kappa shape index (κ2) is 8.74. The fourth-order valence-electron chi connectivity index (χ4n) is 10.6. The molecule has 8 aliphatic rings. The maximum Gasteiger partial charge on any atom is 0.197 e. The van der Waals surface area contributed by atoms with Crippen molar-refractivity contribution in [3.05, 3.63) is 0 Å². The first-order chi connectivity index (χ1) is 16.2. The van der Waals surface area contributed by atoms with E-state index in [1.807, 2.05) is 0 Å². The monoisotopic (exact) mass is 451 g/mol. The predicted molar refractivity (Wildman–Crippen MR) is 136 cm³/mol. The Hall–Kier alpha value is -0.730. The van der Waals surface area contributed by atoms with Crippen LogP contribution in [0.25, 0.3) is 0 Å². The number of guanidine groups is 1. The van der Waals surface area contributed by atoms with Crippen molar-refractivity contribution in [1.29, 1.82) is 0 Å². The summed E-state index contributed by atoms with van der Waals surface area (Å²) in [5.74, 6) is 6.62. The van der Waals surface area contributed by atoms with Crippen LogP contribution in [0.1, 0.15) is 116 Å². The highest BCUT2D eigenvalue weighted by molar-refractivity contribution is 5.84. The van der Waals surface area contributed by atoms with Crippen molar-refractivity contribution in [2.45, 2.75) is 128 Å². The maximum atomic E-state index is 5.31. The average Bonchev–Trinajstić information content (AvgIpc) is 3.37. The number of rotatable bonds is 6. The van der Waals surface area contributed by atoms with Gasteiger partial charge < -0.3 is 9.80 Å². The van der Waals surface area contributed by atoms with Gasteiger partial charge in [-0.1, -0.05) is 51.4 Å². The van der Waals surface area contributed by atoms with Crippen LogP contribution in [0.15, 0.2) is 4.99 Å². The summed E-state index contributed by atoms with van der Waals surface area (Å²) in [5, 5.41) is 0. The molecule has 33 heavy (non-hydrogen) atoms. The molecule has 7 fully saturated rings. The molecule has 0 aromatic carbocycles. The first-order valence-corrected chi connectivity index (χ1v) is 15.3. The molecule has 0 spiro atoms. The topological polar surface area (TPSA) is 18.8 Å². The Kier molecular flexibility index (Phi) is 5.70. The Morgan fingerprint density at radius 1 is 0.788 bits per heavy atom. The van der Waals surface area contributed by atoms with Gasteiger partial charge in [0.2, 0.25) is 0 Å². The molecule has 4 bridgehead atoms.